The molecule has 0 heterocycles. The van der Waals surface area contributed by atoms with Crippen molar-refractivity contribution in [2.75, 3.05) is 6.54 Å². The monoisotopic (exact) mass is 333 g/mol. The van der Waals surface area contributed by atoms with E-state index in [9.17, 15) is 9.59 Å². The number of carboxylic acid groups (broad SMARTS) is 1. The fraction of sp³-hybridized carbons (Fsp3) is 0.333. The molecule has 1 aromatic carbocycles. The number of aryl methyl sites for hydroxylation is 1. The third kappa shape index (κ3) is 4.31. The molecule has 0 aromatic heterocycles. The minimum absolute atomic E-state index is 0.0421. The van der Waals surface area contributed by atoms with Gasteiger partial charge in [0.1, 0.15) is 0 Å². The summed E-state index contributed by atoms with van der Waals surface area (Å²) < 4.78 is 0.770. The third-order valence-corrected chi connectivity index (χ3v) is 3.90. The molecule has 0 radical (unpaired) electrons. The SMILES string of the molecule is Cc1cc(C(=O)NCCCC(=O)O)cc(Cl)c1Br. The molecule has 0 fully saturated rings. The van der Waals surface area contributed by atoms with Gasteiger partial charge in [-0.1, -0.05) is 11.6 Å². The Hall–Kier alpha value is -1.07. The van der Waals surface area contributed by atoms with Crippen molar-refractivity contribution in [1.82, 2.24) is 5.32 Å². The number of hydrogen-bond acceptors (Lipinski definition) is 2. The standard InChI is InChI=1S/C12H13BrClNO3/c1-7-5-8(6-9(14)11(7)13)12(18)15-4-2-3-10(16)17/h5-6H,2-4H2,1H3,(H,15,18)(H,16,17). The Kier molecular flexibility index (Phi) is 5.62. The van der Waals surface area contributed by atoms with Crippen molar-refractivity contribution in [1.29, 1.82) is 0 Å². The number of benzene rings is 1. The van der Waals surface area contributed by atoms with E-state index >= 15 is 0 Å². The predicted molar refractivity (Wildman–Crippen MR) is 73.1 cm³/mol. The Bertz CT molecular complexity index is 453. The largest absolute Gasteiger partial charge is 0.481 e. The molecular weight excluding hydrogens is 321 g/mol. The second kappa shape index (κ2) is 6.75. The van der Waals surface area contributed by atoms with Gasteiger partial charge in [-0.3, -0.25) is 9.59 Å². The number of aliphatic carboxylic acids is 1. The molecule has 0 saturated heterocycles. The Morgan fingerprint density at radius 2 is 2.11 bits per heavy atom. The van der Waals surface area contributed by atoms with Crippen LogP contribution in [-0.2, 0) is 4.79 Å². The molecule has 0 atom stereocenters. The van der Waals surface area contributed by atoms with E-state index < -0.39 is 5.97 Å². The maximum absolute atomic E-state index is 11.8. The fourth-order valence-corrected chi connectivity index (χ4v) is 1.90. The van der Waals surface area contributed by atoms with Gasteiger partial charge in [-0.05, 0) is 47.0 Å². The summed E-state index contributed by atoms with van der Waals surface area (Å²) in [6, 6.07) is 3.30. The molecule has 6 heteroatoms. The van der Waals surface area contributed by atoms with Gasteiger partial charge in [0, 0.05) is 23.0 Å². The predicted octanol–water partition coefficient (Wildman–Crippen LogP) is 3.01. The molecule has 0 saturated carbocycles. The van der Waals surface area contributed by atoms with E-state index in [1.807, 2.05) is 6.92 Å². The topological polar surface area (TPSA) is 66.4 Å². The lowest BCUT2D eigenvalue weighted by atomic mass is 10.1. The van der Waals surface area contributed by atoms with Gasteiger partial charge in [-0.2, -0.15) is 0 Å². The second-order valence-corrected chi connectivity index (χ2v) is 5.04. The lowest BCUT2D eigenvalue weighted by Gasteiger charge is -2.07. The fourth-order valence-electron chi connectivity index (χ4n) is 1.40. The second-order valence-electron chi connectivity index (χ2n) is 3.84. The van der Waals surface area contributed by atoms with Crippen molar-refractivity contribution in [2.45, 2.75) is 19.8 Å². The van der Waals surface area contributed by atoms with Crippen LogP contribution in [0.5, 0.6) is 0 Å². The van der Waals surface area contributed by atoms with E-state index in [2.05, 4.69) is 21.2 Å². The van der Waals surface area contributed by atoms with E-state index in [0.29, 0.717) is 23.6 Å². The highest BCUT2D eigenvalue weighted by Crippen LogP contribution is 2.27. The maximum atomic E-state index is 11.8. The molecule has 2 N–H and O–H groups in total. The quantitative estimate of drug-likeness (QED) is 0.814. The van der Waals surface area contributed by atoms with Crippen molar-refractivity contribution in [3.8, 4) is 0 Å². The number of amides is 1. The minimum Gasteiger partial charge on any atom is -0.481 e. The van der Waals surface area contributed by atoms with E-state index in [1.54, 1.807) is 12.1 Å². The smallest absolute Gasteiger partial charge is 0.303 e. The summed E-state index contributed by atoms with van der Waals surface area (Å²) in [7, 11) is 0. The van der Waals surface area contributed by atoms with Gasteiger partial charge in [-0.15, -0.1) is 0 Å². The van der Waals surface area contributed by atoms with Gasteiger partial charge in [0.05, 0.1) is 5.02 Å². The molecule has 0 bridgehead atoms. The molecule has 0 aliphatic rings. The van der Waals surface area contributed by atoms with E-state index in [4.69, 9.17) is 16.7 Å². The van der Waals surface area contributed by atoms with Crippen LogP contribution in [0.4, 0.5) is 0 Å². The van der Waals surface area contributed by atoms with Gasteiger partial charge in [0.25, 0.3) is 5.91 Å². The van der Waals surface area contributed by atoms with Crippen LogP contribution in [0, 0.1) is 6.92 Å². The number of carboxylic acids is 1. The van der Waals surface area contributed by atoms with Crippen LogP contribution in [-0.4, -0.2) is 23.5 Å². The number of hydrogen-bond donors (Lipinski definition) is 2. The number of halogens is 2. The highest BCUT2D eigenvalue weighted by Gasteiger charge is 2.10. The number of nitrogens with one attached hydrogen (secondary N) is 1. The van der Waals surface area contributed by atoms with Crippen molar-refractivity contribution in [2.24, 2.45) is 0 Å². The Morgan fingerprint density at radius 3 is 2.67 bits per heavy atom. The van der Waals surface area contributed by atoms with E-state index in [1.165, 1.54) is 0 Å². The third-order valence-electron chi connectivity index (χ3n) is 2.33. The van der Waals surface area contributed by atoms with Gasteiger partial charge in [-0.25, -0.2) is 0 Å². The molecule has 0 spiro atoms. The Labute approximate surface area is 118 Å². The number of carbonyl (C=O) groups is 2. The van der Waals surface area contributed by atoms with Crippen LogP contribution in [0.15, 0.2) is 16.6 Å². The molecule has 4 nitrogen and oxygen atoms in total. The molecule has 98 valence electrons. The van der Waals surface area contributed by atoms with Crippen molar-refractivity contribution in [3.63, 3.8) is 0 Å². The Morgan fingerprint density at radius 1 is 1.44 bits per heavy atom. The summed E-state index contributed by atoms with van der Waals surface area (Å²) in [4.78, 5) is 22.1. The van der Waals surface area contributed by atoms with Crippen molar-refractivity contribution in [3.05, 3.63) is 32.8 Å². The van der Waals surface area contributed by atoms with Crippen LogP contribution in [0.25, 0.3) is 0 Å². The first kappa shape index (κ1) is 15.0. The summed E-state index contributed by atoms with van der Waals surface area (Å²) >= 11 is 9.27. The highest BCUT2D eigenvalue weighted by molar-refractivity contribution is 9.10. The summed E-state index contributed by atoms with van der Waals surface area (Å²) in [6.07, 6.45) is 0.449. The van der Waals surface area contributed by atoms with Gasteiger partial charge < -0.3 is 10.4 Å². The van der Waals surface area contributed by atoms with Crippen molar-refractivity contribution >= 4 is 39.4 Å². The van der Waals surface area contributed by atoms with E-state index in [-0.39, 0.29) is 12.3 Å². The average molecular weight is 335 g/mol. The first-order valence-electron chi connectivity index (χ1n) is 5.37. The summed E-state index contributed by atoms with van der Waals surface area (Å²) in [5.41, 5.74) is 1.34. The van der Waals surface area contributed by atoms with Gasteiger partial charge in [0.2, 0.25) is 0 Å². The summed E-state index contributed by atoms with van der Waals surface area (Å²) in [6.45, 7) is 2.18. The number of rotatable bonds is 5. The van der Waals surface area contributed by atoms with Crippen LogP contribution >= 0.6 is 27.5 Å². The molecular formula is C12H13BrClNO3. The van der Waals surface area contributed by atoms with Crippen molar-refractivity contribution < 1.29 is 14.7 Å². The molecule has 1 amide bonds. The lowest BCUT2D eigenvalue weighted by Crippen LogP contribution is -2.25. The molecule has 18 heavy (non-hydrogen) atoms. The minimum atomic E-state index is -0.869. The van der Waals surface area contributed by atoms with Gasteiger partial charge in [0.15, 0.2) is 0 Å². The zero-order chi connectivity index (χ0) is 13.7. The molecule has 1 aromatic rings. The van der Waals surface area contributed by atoms with Crippen LogP contribution in [0.1, 0.15) is 28.8 Å². The average Bonchev–Trinajstić information content (AvgIpc) is 2.30. The first-order valence-corrected chi connectivity index (χ1v) is 6.54. The van der Waals surface area contributed by atoms with Crippen LogP contribution < -0.4 is 5.32 Å². The van der Waals surface area contributed by atoms with Crippen LogP contribution in [0.2, 0.25) is 5.02 Å². The van der Waals surface area contributed by atoms with E-state index in [0.717, 1.165) is 10.0 Å². The van der Waals surface area contributed by atoms with Crippen LogP contribution in [0.3, 0.4) is 0 Å². The Balaban J connectivity index is 2.59. The maximum Gasteiger partial charge on any atom is 0.303 e. The normalized spacial score (nSPS) is 10.2. The zero-order valence-electron chi connectivity index (χ0n) is 9.80. The molecule has 0 aliphatic carbocycles. The highest BCUT2D eigenvalue weighted by atomic mass is 79.9. The molecule has 0 aliphatic heterocycles. The summed E-state index contributed by atoms with van der Waals surface area (Å²) in [5.74, 6) is -1.12. The molecule has 1 rings (SSSR count). The molecule has 0 unspecified atom stereocenters. The first-order chi connectivity index (χ1) is 8.41. The number of carbonyl (C=O) groups excluding carboxylic acids is 1. The lowest BCUT2D eigenvalue weighted by molar-refractivity contribution is -0.137. The van der Waals surface area contributed by atoms with Gasteiger partial charge >= 0.3 is 5.97 Å². The zero-order valence-corrected chi connectivity index (χ0v) is 12.1. The summed E-state index contributed by atoms with van der Waals surface area (Å²) in [5, 5.41) is 11.6.